The molecule has 0 spiro atoms. The van der Waals surface area contributed by atoms with E-state index in [9.17, 15) is 0 Å². The maximum Gasteiger partial charge on any atom is 0.180 e. The van der Waals surface area contributed by atoms with Crippen molar-refractivity contribution in [3.63, 3.8) is 0 Å². The van der Waals surface area contributed by atoms with Gasteiger partial charge in [-0.3, -0.25) is 0 Å². The van der Waals surface area contributed by atoms with Crippen LogP contribution in [0.3, 0.4) is 0 Å². The van der Waals surface area contributed by atoms with Gasteiger partial charge in [0.15, 0.2) is 11.5 Å². The second kappa shape index (κ2) is 11.6. The molecule has 0 aliphatic heterocycles. The van der Waals surface area contributed by atoms with Gasteiger partial charge >= 0.3 is 0 Å². The van der Waals surface area contributed by atoms with Gasteiger partial charge in [-0.2, -0.15) is 0 Å². The summed E-state index contributed by atoms with van der Waals surface area (Å²) in [7, 11) is 3.28. The van der Waals surface area contributed by atoms with Gasteiger partial charge in [0.25, 0.3) is 0 Å². The number of benzene rings is 3. The number of halogens is 2. The molecule has 6 heteroatoms. The van der Waals surface area contributed by atoms with E-state index in [0.717, 1.165) is 23.4 Å². The van der Waals surface area contributed by atoms with Crippen LogP contribution in [0.1, 0.15) is 16.7 Å². The maximum atomic E-state index is 6.46. The van der Waals surface area contributed by atoms with E-state index in [1.807, 2.05) is 66.7 Å². The Kier molecular flexibility index (Phi) is 9.13. The zero-order valence-electron chi connectivity index (χ0n) is 16.5. The van der Waals surface area contributed by atoms with Crippen LogP contribution in [0.25, 0.3) is 0 Å². The molecule has 0 aromatic heterocycles. The monoisotopic (exact) mass is 433 g/mol. The molecule has 0 saturated heterocycles. The highest BCUT2D eigenvalue weighted by Crippen LogP contribution is 2.37. The van der Waals surface area contributed by atoms with Crippen LogP contribution in [0.15, 0.2) is 66.7 Å². The summed E-state index contributed by atoms with van der Waals surface area (Å²) in [4.78, 5) is 0. The molecule has 0 heterocycles. The molecule has 0 unspecified atom stereocenters. The van der Waals surface area contributed by atoms with Gasteiger partial charge in [0, 0.05) is 13.1 Å². The van der Waals surface area contributed by atoms with Gasteiger partial charge in [-0.15, -0.1) is 12.4 Å². The normalized spacial score (nSPS) is 10.2. The smallest absolute Gasteiger partial charge is 0.180 e. The van der Waals surface area contributed by atoms with E-state index in [4.69, 9.17) is 25.8 Å². The van der Waals surface area contributed by atoms with Crippen molar-refractivity contribution >= 4 is 24.0 Å². The summed E-state index contributed by atoms with van der Waals surface area (Å²) in [5.41, 5.74) is 3.29. The van der Waals surface area contributed by atoms with E-state index in [1.165, 1.54) is 5.56 Å². The largest absolute Gasteiger partial charge is 0.497 e. The summed E-state index contributed by atoms with van der Waals surface area (Å²) < 4.78 is 16.6. The third-order valence-corrected chi connectivity index (χ3v) is 4.61. The van der Waals surface area contributed by atoms with Gasteiger partial charge in [-0.25, -0.2) is 0 Å². The SMILES string of the molecule is COc1ccc(CNCc2cc(Cl)c(OCc3ccccc3)c(OC)c2)cc1.Cl. The lowest BCUT2D eigenvalue weighted by molar-refractivity contribution is 0.284. The van der Waals surface area contributed by atoms with Gasteiger partial charge in [-0.05, 0) is 41.0 Å². The number of rotatable bonds is 9. The zero-order chi connectivity index (χ0) is 19.8. The second-order valence-corrected chi connectivity index (χ2v) is 6.74. The molecule has 1 N–H and O–H groups in total. The number of nitrogens with one attached hydrogen (secondary N) is 1. The van der Waals surface area contributed by atoms with E-state index in [1.54, 1.807) is 14.2 Å². The summed E-state index contributed by atoms with van der Waals surface area (Å²) in [6.45, 7) is 1.85. The van der Waals surface area contributed by atoms with Crippen LogP contribution in [0, 0.1) is 0 Å². The molecular weight excluding hydrogens is 409 g/mol. The predicted octanol–water partition coefficient (Wildman–Crippen LogP) is 5.65. The average molecular weight is 434 g/mol. The molecule has 4 nitrogen and oxygen atoms in total. The molecule has 0 atom stereocenters. The summed E-state index contributed by atoms with van der Waals surface area (Å²) in [5.74, 6) is 2.04. The topological polar surface area (TPSA) is 39.7 Å². The maximum absolute atomic E-state index is 6.46. The minimum absolute atomic E-state index is 0. The Morgan fingerprint density at radius 1 is 0.793 bits per heavy atom. The first-order valence-electron chi connectivity index (χ1n) is 9.06. The zero-order valence-corrected chi connectivity index (χ0v) is 18.1. The van der Waals surface area contributed by atoms with Crippen LogP contribution in [0.4, 0.5) is 0 Å². The molecule has 3 rings (SSSR count). The number of hydrogen-bond acceptors (Lipinski definition) is 4. The molecule has 0 amide bonds. The quantitative estimate of drug-likeness (QED) is 0.473. The number of methoxy groups -OCH3 is 2. The van der Waals surface area contributed by atoms with Crippen LogP contribution in [-0.4, -0.2) is 14.2 Å². The van der Waals surface area contributed by atoms with Gasteiger partial charge < -0.3 is 19.5 Å². The molecule has 0 radical (unpaired) electrons. The van der Waals surface area contributed by atoms with Crippen molar-refractivity contribution in [2.45, 2.75) is 19.7 Å². The van der Waals surface area contributed by atoms with Crippen molar-refractivity contribution < 1.29 is 14.2 Å². The van der Waals surface area contributed by atoms with E-state index in [-0.39, 0.29) is 12.4 Å². The molecule has 154 valence electrons. The fourth-order valence-corrected chi connectivity index (χ4v) is 3.13. The predicted molar refractivity (Wildman–Crippen MR) is 120 cm³/mol. The molecule has 0 saturated carbocycles. The fraction of sp³-hybridized carbons (Fsp3) is 0.217. The Bertz CT molecular complexity index is 887. The van der Waals surface area contributed by atoms with Crippen molar-refractivity contribution in [3.8, 4) is 17.2 Å². The second-order valence-electron chi connectivity index (χ2n) is 6.33. The molecule has 0 aliphatic carbocycles. The van der Waals surface area contributed by atoms with Crippen molar-refractivity contribution in [1.82, 2.24) is 5.32 Å². The van der Waals surface area contributed by atoms with E-state index < -0.39 is 0 Å². The van der Waals surface area contributed by atoms with Crippen LogP contribution in [-0.2, 0) is 19.7 Å². The minimum atomic E-state index is 0. The first-order chi connectivity index (χ1) is 13.7. The van der Waals surface area contributed by atoms with Crippen LogP contribution in [0.5, 0.6) is 17.2 Å². The Labute approximate surface area is 183 Å². The van der Waals surface area contributed by atoms with Gasteiger partial charge in [-0.1, -0.05) is 54.1 Å². The van der Waals surface area contributed by atoms with Crippen LogP contribution >= 0.6 is 24.0 Å². The van der Waals surface area contributed by atoms with E-state index in [0.29, 0.717) is 29.7 Å². The fourth-order valence-electron chi connectivity index (χ4n) is 2.84. The van der Waals surface area contributed by atoms with Crippen molar-refractivity contribution in [2.24, 2.45) is 0 Å². The summed E-state index contributed by atoms with van der Waals surface area (Å²) in [6.07, 6.45) is 0. The van der Waals surface area contributed by atoms with Crippen LogP contribution < -0.4 is 19.5 Å². The Morgan fingerprint density at radius 3 is 2.14 bits per heavy atom. The van der Waals surface area contributed by atoms with Gasteiger partial charge in [0.05, 0.1) is 19.2 Å². The number of ether oxygens (including phenoxy) is 3. The first kappa shape index (κ1) is 22.9. The highest BCUT2D eigenvalue weighted by Gasteiger charge is 2.12. The lowest BCUT2D eigenvalue weighted by Gasteiger charge is -2.15. The molecule has 0 bridgehead atoms. The Balaban J connectivity index is 0.00000300. The molecule has 29 heavy (non-hydrogen) atoms. The van der Waals surface area contributed by atoms with Crippen molar-refractivity contribution in [1.29, 1.82) is 0 Å². The molecule has 3 aromatic rings. The Morgan fingerprint density at radius 2 is 1.48 bits per heavy atom. The van der Waals surface area contributed by atoms with Crippen molar-refractivity contribution in [3.05, 3.63) is 88.4 Å². The Hall–Kier alpha value is -2.40. The van der Waals surface area contributed by atoms with Gasteiger partial charge in [0.2, 0.25) is 0 Å². The third kappa shape index (κ3) is 6.57. The molecule has 0 aliphatic rings. The minimum Gasteiger partial charge on any atom is -0.497 e. The summed E-state index contributed by atoms with van der Waals surface area (Å²) in [5, 5.41) is 3.95. The highest BCUT2D eigenvalue weighted by molar-refractivity contribution is 6.32. The standard InChI is InChI=1S/C23H24ClNO3.ClH/c1-26-20-10-8-17(9-11-20)14-25-15-19-12-21(24)23(22(13-19)27-2)28-16-18-6-4-3-5-7-18;/h3-13,25H,14-16H2,1-2H3;1H. The summed E-state index contributed by atoms with van der Waals surface area (Å²) in [6, 6.07) is 21.8. The van der Waals surface area contributed by atoms with E-state index in [2.05, 4.69) is 5.32 Å². The molecule has 0 fully saturated rings. The van der Waals surface area contributed by atoms with Crippen molar-refractivity contribution in [2.75, 3.05) is 14.2 Å². The highest BCUT2D eigenvalue weighted by atomic mass is 35.5. The third-order valence-electron chi connectivity index (χ3n) is 4.33. The lowest BCUT2D eigenvalue weighted by Crippen LogP contribution is -2.13. The van der Waals surface area contributed by atoms with Gasteiger partial charge in [0.1, 0.15) is 12.4 Å². The molecular formula is C23H25Cl2NO3. The first-order valence-corrected chi connectivity index (χ1v) is 9.44. The average Bonchev–Trinajstić information content (AvgIpc) is 2.74. The lowest BCUT2D eigenvalue weighted by atomic mass is 10.1. The summed E-state index contributed by atoms with van der Waals surface area (Å²) >= 11 is 6.46. The number of hydrogen-bond donors (Lipinski definition) is 1. The molecule has 3 aromatic carbocycles. The van der Waals surface area contributed by atoms with E-state index >= 15 is 0 Å². The van der Waals surface area contributed by atoms with Crippen LogP contribution in [0.2, 0.25) is 5.02 Å².